The second kappa shape index (κ2) is 4.66. The third kappa shape index (κ3) is 2.07. The second-order valence-electron chi connectivity index (χ2n) is 2.98. The number of halogens is 5. The summed E-state index contributed by atoms with van der Waals surface area (Å²) in [5.41, 5.74) is 3.61. The zero-order chi connectivity index (χ0) is 13.3. The molecule has 0 aliphatic heterocycles. The minimum absolute atomic E-state index is 0.855. The lowest BCUT2D eigenvalue weighted by Gasteiger charge is -2.13. The SMILES string of the molecule is COC(=O)[C@H](N)c1c(F)c(F)c(F)c(F)c1F. The van der Waals surface area contributed by atoms with Crippen molar-refractivity contribution in [2.75, 3.05) is 7.11 Å². The molecule has 0 heterocycles. The Kier molecular flexibility index (Phi) is 3.66. The van der Waals surface area contributed by atoms with Gasteiger partial charge >= 0.3 is 5.97 Å². The van der Waals surface area contributed by atoms with Crippen molar-refractivity contribution in [3.63, 3.8) is 0 Å². The molecule has 1 rings (SSSR count). The molecule has 0 aliphatic carbocycles. The van der Waals surface area contributed by atoms with Gasteiger partial charge in [0.1, 0.15) is 6.04 Å². The molecule has 0 fully saturated rings. The molecule has 0 saturated heterocycles. The summed E-state index contributed by atoms with van der Waals surface area (Å²) in [6.45, 7) is 0. The van der Waals surface area contributed by atoms with Crippen molar-refractivity contribution in [2.45, 2.75) is 6.04 Å². The summed E-state index contributed by atoms with van der Waals surface area (Å²) in [5.74, 6) is -12.3. The van der Waals surface area contributed by atoms with Crippen LogP contribution >= 0.6 is 0 Å². The zero-order valence-electron chi connectivity index (χ0n) is 8.36. The Hall–Kier alpha value is -1.70. The molecule has 17 heavy (non-hydrogen) atoms. The van der Waals surface area contributed by atoms with Crippen LogP contribution in [0, 0.1) is 29.1 Å². The molecule has 8 heteroatoms. The van der Waals surface area contributed by atoms with Crippen molar-refractivity contribution in [3.8, 4) is 0 Å². The number of nitrogens with two attached hydrogens (primary N) is 1. The summed E-state index contributed by atoms with van der Waals surface area (Å²) in [6, 6.07) is -2.09. The Morgan fingerprint density at radius 3 is 1.71 bits per heavy atom. The van der Waals surface area contributed by atoms with Gasteiger partial charge in [-0.25, -0.2) is 22.0 Å². The number of rotatable bonds is 2. The topological polar surface area (TPSA) is 52.3 Å². The highest BCUT2D eigenvalue weighted by Crippen LogP contribution is 2.27. The number of benzene rings is 1. The molecule has 1 aromatic rings. The minimum Gasteiger partial charge on any atom is -0.468 e. The van der Waals surface area contributed by atoms with Crippen LogP contribution in [0.4, 0.5) is 22.0 Å². The predicted octanol–water partition coefficient (Wildman–Crippen LogP) is 1.55. The normalized spacial score (nSPS) is 12.4. The number of hydrogen-bond acceptors (Lipinski definition) is 3. The Labute approximate surface area is 92.0 Å². The molecule has 3 nitrogen and oxygen atoms in total. The van der Waals surface area contributed by atoms with E-state index in [4.69, 9.17) is 5.73 Å². The highest BCUT2D eigenvalue weighted by atomic mass is 19.2. The maximum Gasteiger partial charge on any atom is 0.327 e. The first-order valence-electron chi connectivity index (χ1n) is 4.17. The van der Waals surface area contributed by atoms with E-state index in [9.17, 15) is 26.7 Å². The quantitative estimate of drug-likeness (QED) is 0.377. The van der Waals surface area contributed by atoms with Crippen LogP contribution in [0.25, 0.3) is 0 Å². The summed E-state index contributed by atoms with van der Waals surface area (Å²) in [6.07, 6.45) is 0. The van der Waals surface area contributed by atoms with Gasteiger partial charge in [0.15, 0.2) is 23.3 Å². The Balaban J connectivity index is 3.49. The van der Waals surface area contributed by atoms with E-state index in [0.717, 1.165) is 7.11 Å². The fourth-order valence-electron chi connectivity index (χ4n) is 1.14. The van der Waals surface area contributed by atoms with E-state index in [1.165, 1.54) is 0 Å². The van der Waals surface area contributed by atoms with Crippen LogP contribution in [0.2, 0.25) is 0 Å². The van der Waals surface area contributed by atoms with Gasteiger partial charge in [0.25, 0.3) is 0 Å². The number of carbonyl (C=O) groups excluding carboxylic acids is 1. The zero-order valence-corrected chi connectivity index (χ0v) is 8.36. The van der Waals surface area contributed by atoms with Gasteiger partial charge < -0.3 is 10.5 Å². The molecule has 0 spiro atoms. The Morgan fingerprint density at radius 1 is 1.00 bits per heavy atom. The van der Waals surface area contributed by atoms with E-state index >= 15 is 0 Å². The van der Waals surface area contributed by atoms with E-state index < -0.39 is 46.7 Å². The highest BCUT2D eigenvalue weighted by Gasteiger charge is 2.32. The van der Waals surface area contributed by atoms with E-state index in [2.05, 4.69) is 4.74 Å². The Bertz CT molecular complexity index is 448. The molecular formula is C9H6F5NO2. The molecule has 0 aromatic heterocycles. The smallest absolute Gasteiger partial charge is 0.327 e. The van der Waals surface area contributed by atoms with Gasteiger partial charge in [0.2, 0.25) is 5.82 Å². The van der Waals surface area contributed by atoms with Crippen molar-refractivity contribution in [2.24, 2.45) is 5.73 Å². The minimum atomic E-state index is -2.32. The average molecular weight is 255 g/mol. The van der Waals surface area contributed by atoms with Gasteiger partial charge in [-0.05, 0) is 0 Å². The van der Waals surface area contributed by atoms with Gasteiger partial charge in [0, 0.05) is 0 Å². The lowest BCUT2D eigenvalue weighted by atomic mass is 10.1. The second-order valence-corrected chi connectivity index (χ2v) is 2.98. The van der Waals surface area contributed by atoms with Crippen LogP contribution in [0.3, 0.4) is 0 Å². The lowest BCUT2D eigenvalue weighted by Crippen LogP contribution is -2.26. The van der Waals surface area contributed by atoms with Crippen LogP contribution in [0.1, 0.15) is 11.6 Å². The molecular weight excluding hydrogens is 249 g/mol. The van der Waals surface area contributed by atoms with Crippen molar-refractivity contribution < 1.29 is 31.5 Å². The summed E-state index contributed by atoms with van der Waals surface area (Å²) < 4.78 is 68.5. The summed E-state index contributed by atoms with van der Waals surface area (Å²) >= 11 is 0. The number of methoxy groups -OCH3 is 1. The van der Waals surface area contributed by atoms with E-state index in [0.29, 0.717) is 0 Å². The lowest BCUT2D eigenvalue weighted by molar-refractivity contribution is -0.142. The van der Waals surface area contributed by atoms with Crippen LogP contribution in [-0.2, 0) is 9.53 Å². The van der Waals surface area contributed by atoms with Crippen LogP contribution in [0.15, 0.2) is 0 Å². The number of hydrogen-bond donors (Lipinski definition) is 1. The molecule has 0 unspecified atom stereocenters. The van der Waals surface area contributed by atoms with Crippen LogP contribution in [0.5, 0.6) is 0 Å². The van der Waals surface area contributed by atoms with Crippen LogP contribution in [-0.4, -0.2) is 13.1 Å². The van der Waals surface area contributed by atoms with Crippen molar-refractivity contribution in [3.05, 3.63) is 34.6 Å². The maximum atomic E-state index is 13.1. The summed E-state index contributed by atoms with van der Waals surface area (Å²) in [5, 5.41) is 0. The average Bonchev–Trinajstić information content (AvgIpc) is 2.32. The summed E-state index contributed by atoms with van der Waals surface area (Å²) in [7, 11) is 0.855. The number of ether oxygens (including phenoxy) is 1. The van der Waals surface area contributed by atoms with Gasteiger partial charge in [0.05, 0.1) is 12.7 Å². The molecule has 0 aliphatic rings. The first-order chi connectivity index (χ1) is 7.82. The molecule has 0 radical (unpaired) electrons. The molecule has 0 amide bonds. The molecule has 2 N–H and O–H groups in total. The molecule has 0 saturated carbocycles. The fraction of sp³-hybridized carbons (Fsp3) is 0.222. The van der Waals surface area contributed by atoms with Gasteiger partial charge in [-0.1, -0.05) is 0 Å². The molecule has 0 bridgehead atoms. The first-order valence-corrected chi connectivity index (χ1v) is 4.17. The standard InChI is InChI=1S/C9H6F5NO2/c1-17-9(16)8(15)2-3(10)5(12)7(14)6(13)4(2)11/h8H,15H2,1H3/t8-/m1/s1. The van der Waals surface area contributed by atoms with E-state index in [1.54, 1.807) is 0 Å². The third-order valence-corrected chi connectivity index (χ3v) is 2.01. The third-order valence-electron chi connectivity index (χ3n) is 2.01. The van der Waals surface area contributed by atoms with Crippen molar-refractivity contribution in [1.29, 1.82) is 0 Å². The van der Waals surface area contributed by atoms with Crippen molar-refractivity contribution >= 4 is 5.97 Å². The maximum absolute atomic E-state index is 13.1. The molecule has 1 atom stereocenters. The number of carbonyl (C=O) groups is 1. The first kappa shape index (κ1) is 13.4. The number of esters is 1. The van der Waals surface area contributed by atoms with E-state index in [1.807, 2.05) is 0 Å². The van der Waals surface area contributed by atoms with Gasteiger partial charge in [-0.3, -0.25) is 4.79 Å². The summed E-state index contributed by atoms with van der Waals surface area (Å²) in [4.78, 5) is 10.9. The largest absolute Gasteiger partial charge is 0.468 e. The van der Waals surface area contributed by atoms with Crippen molar-refractivity contribution in [1.82, 2.24) is 0 Å². The monoisotopic (exact) mass is 255 g/mol. The van der Waals surface area contributed by atoms with Gasteiger partial charge in [-0.2, -0.15) is 0 Å². The highest BCUT2D eigenvalue weighted by molar-refractivity contribution is 5.77. The Morgan fingerprint density at radius 2 is 1.35 bits per heavy atom. The fourth-order valence-corrected chi connectivity index (χ4v) is 1.14. The van der Waals surface area contributed by atoms with Gasteiger partial charge in [-0.15, -0.1) is 0 Å². The van der Waals surface area contributed by atoms with E-state index in [-0.39, 0.29) is 0 Å². The molecule has 94 valence electrons. The molecule has 1 aromatic carbocycles. The predicted molar refractivity (Wildman–Crippen MR) is 45.2 cm³/mol. The van der Waals surface area contributed by atoms with Crippen LogP contribution < -0.4 is 5.73 Å².